The van der Waals surface area contributed by atoms with Crippen molar-refractivity contribution in [3.63, 3.8) is 0 Å². The van der Waals surface area contributed by atoms with Crippen molar-refractivity contribution in [3.8, 4) is 0 Å². The van der Waals surface area contributed by atoms with Crippen molar-refractivity contribution in [2.45, 2.75) is 25.9 Å². The van der Waals surface area contributed by atoms with Gasteiger partial charge in [-0.15, -0.1) is 0 Å². The van der Waals surface area contributed by atoms with Crippen molar-refractivity contribution >= 4 is 38.4 Å². The average Bonchev–Trinajstić information content (AvgIpc) is 3.16. The minimum Gasteiger partial charge on any atom is -0.369 e. The summed E-state index contributed by atoms with van der Waals surface area (Å²) in [5.41, 5.74) is 1.10. The minimum atomic E-state index is -0.469. The fourth-order valence-electron chi connectivity index (χ4n) is 3.72. The van der Waals surface area contributed by atoms with Crippen LogP contribution in [0.3, 0.4) is 0 Å². The van der Waals surface area contributed by atoms with Crippen LogP contribution in [-0.4, -0.2) is 34.6 Å². The van der Waals surface area contributed by atoms with Crippen LogP contribution in [0.4, 0.5) is 5.69 Å². The number of aromatic amines is 1. The molecular weight excluding hydrogens is 436 g/mol. The predicted octanol–water partition coefficient (Wildman–Crippen LogP) is 2.48. The number of rotatable bonds is 4. The van der Waals surface area contributed by atoms with Crippen LogP contribution in [0.2, 0.25) is 0 Å². The molecule has 2 heterocycles. The van der Waals surface area contributed by atoms with Gasteiger partial charge in [-0.3, -0.25) is 14.2 Å². The second kappa shape index (κ2) is 7.87. The van der Waals surface area contributed by atoms with E-state index in [0.717, 1.165) is 34.2 Å². The van der Waals surface area contributed by atoms with Crippen molar-refractivity contribution in [3.05, 3.63) is 73.3 Å². The summed E-state index contributed by atoms with van der Waals surface area (Å²) < 4.78 is 2.17. The van der Waals surface area contributed by atoms with Gasteiger partial charge in [-0.1, -0.05) is 15.9 Å². The van der Waals surface area contributed by atoms with Gasteiger partial charge in [-0.05, 0) is 55.8 Å². The molecule has 1 atom stereocenters. The number of hydrogen-bond donors (Lipinski definition) is 2. The SMILES string of the molecule is CCn1c(=O)[nH]c2cc(C(=O)NC3CCN(c4ccc(Br)cc4)C3)ccc2c1=O. The molecule has 1 aliphatic heterocycles. The van der Waals surface area contributed by atoms with Gasteiger partial charge in [0.15, 0.2) is 0 Å². The normalized spacial score (nSPS) is 16.3. The lowest BCUT2D eigenvalue weighted by molar-refractivity contribution is 0.0940. The second-order valence-corrected chi connectivity index (χ2v) is 8.04. The maximum atomic E-state index is 12.7. The van der Waals surface area contributed by atoms with Gasteiger partial charge in [0.05, 0.1) is 10.9 Å². The smallest absolute Gasteiger partial charge is 0.328 e. The Labute approximate surface area is 175 Å². The van der Waals surface area contributed by atoms with Gasteiger partial charge in [-0.2, -0.15) is 0 Å². The van der Waals surface area contributed by atoms with Crippen molar-refractivity contribution in [2.24, 2.45) is 0 Å². The largest absolute Gasteiger partial charge is 0.369 e. The molecule has 2 aromatic carbocycles. The number of fused-ring (bicyclic) bond motifs is 1. The molecular formula is C21H21BrN4O3. The zero-order valence-corrected chi connectivity index (χ0v) is 17.5. The third-order valence-electron chi connectivity index (χ3n) is 5.28. The lowest BCUT2D eigenvalue weighted by Crippen LogP contribution is -2.37. The number of anilines is 1. The number of H-pyrrole nitrogens is 1. The van der Waals surface area contributed by atoms with Gasteiger partial charge in [0, 0.05) is 41.4 Å². The Balaban J connectivity index is 1.50. The highest BCUT2D eigenvalue weighted by Gasteiger charge is 2.24. The molecule has 0 saturated carbocycles. The highest BCUT2D eigenvalue weighted by molar-refractivity contribution is 9.10. The first-order valence-corrected chi connectivity index (χ1v) is 10.3. The van der Waals surface area contributed by atoms with E-state index < -0.39 is 5.69 Å². The van der Waals surface area contributed by atoms with Crippen molar-refractivity contribution in [1.29, 1.82) is 0 Å². The van der Waals surface area contributed by atoms with Gasteiger partial charge in [0.1, 0.15) is 0 Å². The number of halogens is 1. The summed E-state index contributed by atoms with van der Waals surface area (Å²) in [6.45, 7) is 3.64. The topological polar surface area (TPSA) is 87.2 Å². The van der Waals surface area contributed by atoms with Crippen LogP contribution >= 0.6 is 15.9 Å². The third-order valence-corrected chi connectivity index (χ3v) is 5.80. The summed E-state index contributed by atoms with van der Waals surface area (Å²) in [6, 6.07) is 12.9. The Bertz CT molecular complexity index is 1180. The highest BCUT2D eigenvalue weighted by atomic mass is 79.9. The standard InChI is InChI=1S/C21H21BrN4O3/c1-2-26-20(28)17-8-3-13(11-18(17)24-21(26)29)19(27)23-15-9-10-25(12-15)16-6-4-14(22)5-7-16/h3-8,11,15H,2,9-10,12H2,1H3,(H,23,27)(H,24,29). The number of aromatic nitrogens is 2. The lowest BCUT2D eigenvalue weighted by Gasteiger charge is -2.19. The van der Waals surface area contributed by atoms with E-state index in [4.69, 9.17) is 0 Å². The molecule has 1 aliphatic rings. The number of carbonyl (C=O) groups is 1. The highest BCUT2D eigenvalue weighted by Crippen LogP contribution is 2.22. The fraction of sp³-hybridized carbons (Fsp3) is 0.286. The van der Waals surface area contributed by atoms with Crippen LogP contribution < -0.4 is 21.5 Å². The van der Waals surface area contributed by atoms with Crippen molar-refractivity contribution in [1.82, 2.24) is 14.9 Å². The number of carbonyl (C=O) groups excluding carboxylic acids is 1. The molecule has 1 amide bonds. The number of nitrogens with one attached hydrogen (secondary N) is 2. The summed E-state index contributed by atoms with van der Waals surface area (Å²) >= 11 is 3.44. The Morgan fingerprint density at radius 1 is 1.21 bits per heavy atom. The average molecular weight is 457 g/mol. The van der Waals surface area contributed by atoms with Crippen molar-refractivity contribution < 1.29 is 4.79 Å². The van der Waals surface area contributed by atoms with E-state index in [9.17, 15) is 14.4 Å². The van der Waals surface area contributed by atoms with E-state index in [1.165, 1.54) is 0 Å². The van der Waals surface area contributed by atoms with Crippen LogP contribution in [-0.2, 0) is 6.54 Å². The summed E-state index contributed by atoms with van der Waals surface area (Å²) in [5.74, 6) is -0.213. The number of benzene rings is 2. The maximum Gasteiger partial charge on any atom is 0.328 e. The lowest BCUT2D eigenvalue weighted by atomic mass is 10.1. The van der Waals surface area contributed by atoms with E-state index in [1.807, 2.05) is 12.1 Å². The molecule has 150 valence electrons. The molecule has 0 bridgehead atoms. The Morgan fingerprint density at radius 3 is 2.69 bits per heavy atom. The van der Waals surface area contributed by atoms with E-state index >= 15 is 0 Å². The van der Waals surface area contributed by atoms with Crippen LogP contribution in [0.25, 0.3) is 10.9 Å². The number of amides is 1. The summed E-state index contributed by atoms with van der Waals surface area (Å²) in [4.78, 5) is 42.0. The molecule has 3 aromatic rings. The predicted molar refractivity (Wildman–Crippen MR) is 117 cm³/mol. The first kappa shape index (κ1) is 19.4. The van der Waals surface area contributed by atoms with Crippen LogP contribution in [0.15, 0.2) is 56.5 Å². The summed E-state index contributed by atoms with van der Waals surface area (Å²) in [5, 5.41) is 3.45. The fourth-order valence-corrected chi connectivity index (χ4v) is 3.98. The van der Waals surface area contributed by atoms with E-state index in [1.54, 1.807) is 25.1 Å². The van der Waals surface area contributed by atoms with Gasteiger partial charge in [0.2, 0.25) is 0 Å². The molecule has 1 unspecified atom stereocenters. The van der Waals surface area contributed by atoms with Gasteiger partial charge >= 0.3 is 5.69 Å². The third kappa shape index (κ3) is 3.85. The molecule has 1 saturated heterocycles. The Hall–Kier alpha value is -2.87. The molecule has 1 aromatic heterocycles. The zero-order valence-electron chi connectivity index (χ0n) is 15.9. The Kier molecular flexibility index (Phi) is 5.27. The molecule has 4 rings (SSSR count). The van der Waals surface area contributed by atoms with E-state index in [-0.39, 0.29) is 17.5 Å². The van der Waals surface area contributed by atoms with E-state index in [2.05, 4.69) is 43.3 Å². The minimum absolute atomic E-state index is 0.0361. The van der Waals surface area contributed by atoms with Crippen molar-refractivity contribution in [2.75, 3.05) is 18.0 Å². The molecule has 7 nitrogen and oxygen atoms in total. The maximum absolute atomic E-state index is 12.7. The monoisotopic (exact) mass is 456 g/mol. The molecule has 0 spiro atoms. The first-order valence-electron chi connectivity index (χ1n) is 9.54. The molecule has 8 heteroatoms. The first-order chi connectivity index (χ1) is 14.0. The number of nitrogens with zero attached hydrogens (tertiary/aromatic N) is 2. The summed E-state index contributed by atoms with van der Waals surface area (Å²) in [7, 11) is 0. The molecule has 29 heavy (non-hydrogen) atoms. The molecule has 1 fully saturated rings. The number of hydrogen-bond acceptors (Lipinski definition) is 4. The van der Waals surface area contributed by atoms with Crippen LogP contribution in [0.1, 0.15) is 23.7 Å². The van der Waals surface area contributed by atoms with Crippen LogP contribution in [0, 0.1) is 0 Å². The van der Waals surface area contributed by atoms with Gasteiger partial charge in [0.25, 0.3) is 11.5 Å². The Morgan fingerprint density at radius 2 is 1.97 bits per heavy atom. The molecule has 0 radical (unpaired) electrons. The summed E-state index contributed by atoms with van der Waals surface area (Å²) in [6.07, 6.45) is 0.855. The molecule has 0 aliphatic carbocycles. The molecule has 2 N–H and O–H groups in total. The quantitative estimate of drug-likeness (QED) is 0.631. The van der Waals surface area contributed by atoms with E-state index in [0.29, 0.717) is 23.0 Å². The van der Waals surface area contributed by atoms with Gasteiger partial charge < -0.3 is 15.2 Å². The second-order valence-electron chi connectivity index (χ2n) is 7.12. The zero-order chi connectivity index (χ0) is 20.5. The van der Waals surface area contributed by atoms with Crippen LogP contribution in [0.5, 0.6) is 0 Å². The van der Waals surface area contributed by atoms with Gasteiger partial charge in [-0.25, -0.2) is 4.79 Å².